The lowest BCUT2D eigenvalue weighted by atomic mass is 10.0. The van der Waals surface area contributed by atoms with Crippen molar-refractivity contribution in [3.05, 3.63) is 55.6 Å². The number of hydrogen-bond donors (Lipinski definition) is 1. The molecule has 0 radical (unpaired) electrons. The quantitative estimate of drug-likeness (QED) is 0.416. The van der Waals surface area contributed by atoms with Gasteiger partial charge in [-0.1, -0.05) is 19.4 Å². The minimum Gasteiger partial charge on any atom is -0.366 e. The summed E-state index contributed by atoms with van der Waals surface area (Å²) in [5, 5.41) is 21.6. The first-order valence-corrected chi connectivity index (χ1v) is 12.6. The fraction of sp³-hybridized carbons (Fsp3) is 0.385. The zero-order valence-electron chi connectivity index (χ0n) is 20.1. The summed E-state index contributed by atoms with van der Waals surface area (Å²) >= 11 is 0. The number of aromatic nitrogens is 7. The van der Waals surface area contributed by atoms with Crippen LogP contribution < -0.4 is 5.32 Å². The molecular formula is C26H29N9O. The number of hydrogen-bond acceptors (Lipinski definition) is 7. The van der Waals surface area contributed by atoms with E-state index in [2.05, 4.69) is 44.4 Å². The van der Waals surface area contributed by atoms with E-state index >= 15 is 0 Å². The van der Waals surface area contributed by atoms with Crippen molar-refractivity contribution in [1.82, 2.24) is 39.5 Å². The van der Waals surface area contributed by atoms with E-state index in [9.17, 15) is 4.79 Å². The molecule has 0 unspecified atom stereocenters. The Morgan fingerprint density at radius 2 is 1.81 bits per heavy atom. The highest BCUT2D eigenvalue weighted by atomic mass is 16.2. The van der Waals surface area contributed by atoms with Crippen LogP contribution >= 0.6 is 0 Å². The van der Waals surface area contributed by atoms with Gasteiger partial charge in [0.25, 0.3) is 0 Å². The number of amides is 1. The Bertz CT molecular complexity index is 1390. The topological polar surface area (TPSA) is 106 Å². The van der Waals surface area contributed by atoms with E-state index in [0.29, 0.717) is 30.6 Å². The molecule has 10 nitrogen and oxygen atoms in total. The molecule has 6 rings (SSSR count). The molecule has 5 heterocycles. The van der Waals surface area contributed by atoms with Gasteiger partial charge in [-0.15, -0.1) is 15.3 Å². The summed E-state index contributed by atoms with van der Waals surface area (Å²) in [4.78, 5) is 18.2. The minimum absolute atomic E-state index is 0.00516. The third kappa shape index (κ3) is 4.34. The first-order chi connectivity index (χ1) is 17.7. The zero-order chi connectivity index (χ0) is 24.5. The number of rotatable bonds is 6. The molecule has 0 aromatic carbocycles. The molecular weight excluding hydrogens is 454 g/mol. The number of nitrogens with one attached hydrogen (secondary N) is 1. The molecule has 1 saturated carbocycles. The molecule has 1 amide bonds. The zero-order valence-corrected chi connectivity index (χ0v) is 20.1. The number of nitrogens with zero attached hydrogens (tertiary/aromatic N) is 8. The lowest BCUT2D eigenvalue weighted by molar-refractivity contribution is -0.127. The maximum Gasteiger partial charge on any atom is 0.245 e. The van der Waals surface area contributed by atoms with Gasteiger partial charge in [-0.25, -0.2) is 0 Å². The van der Waals surface area contributed by atoms with Crippen LogP contribution in [0.4, 0.5) is 5.82 Å². The van der Waals surface area contributed by atoms with E-state index in [-0.39, 0.29) is 11.9 Å². The highest BCUT2D eigenvalue weighted by molar-refractivity contribution is 5.87. The van der Waals surface area contributed by atoms with Crippen LogP contribution in [0.15, 0.2) is 55.6 Å². The van der Waals surface area contributed by atoms with Gasteiger partial charge in [0.2, 0.25) is 5.91 Å². The molecule has 4 aromatic rings. The summed E-state index contributed by atoms with van der Waals surface area (Å²) in [5.41, 5.74) is 3.48. The van der Waals surface area contributed by atoms with Crippen molar-refractivity contribution in [2.24, 2.45) is 0 Å². The SMILES string of the molecule is C=CC(=O)N1CCC(n2cc(-c3cncc(-c4nnc5ccc(NC6CCCC6)nn45)c3)cn2)CC1. The number of piperidine rings is 1. The van der Waals surface area contributed by atoms with E-state index in [1.165, 1.54) is 31.8 Å². The second-order valence-corrected chi connectivity index (χ2v) is 9.57. The summed E-state index contributed by atoms with van der Waals surface area (Å²) in [7, 11) is 0. The molecule has 2 fully saturated rings. The Kier molecular flexibility index (Phi) is 5.92. The molecule has 2 aliphatic rings. The van der Waals surface area contributed by atoms with Crippen molar-refractivity contribution in [3.63, 3.8) is 0 Å². The average Bonchev–Trinajstić information content (AvgIpc) is 3.70. The lowest BCUT2D eigenvalue weighted by Gasteiger charge is -2.31. The maximum absolute atomic E-state index is 11.9. The normalized spacial score (nSPS) is 17.1. The van der Waals surface area contributed by atoms with Gasteiger partial charge in [-0.3, -0.25) is 14.5 Å². The third-order valence-electron chi connectivity index (χ3n) is 7.23. The number of carbonyl (C=O) groups is 1. The molecule has 1 saturated heterocycles. The van der Waals surface area contributed by atoms with Crippen LogP contribution in [0.3, 0.4) is 0 Å². The van der Waals surface area contributed by atoms with Gasteiger partial charge in [-0.05, 0) is 50.0 Å². The van der Waals surface area contributed by atoms with E-state index in [1.807, 2.05) is 34.1 Å². The van der Waals surface area contributed by atoms with Crippen molar-refractivity contribution in [1.29, 1.82) is 0 Å². The highest BCUT2D eigenvalue weighted by Crippen LogP contribution is 2.28. The van der Waals surface area contributed by atoms with Crippen LogP contribution in [0.1, 0.15) is 44.6 Å². The molecule has 36 heavy (non-hydrogen) atoms. The first kappa shape index (κ1) is 22.4. The van der Waals surface area contributed by atoms with Crippen molar-refractivity contribution in [3.8, 4) is 22.5 Å². The Hall–Kier alpha value is -4.08. The van der Waals surface area contributed by atoms with Crippen molar-refractivity contribution < 1.29 is 4.79 Å². The maximum atomic E-state index is 11.9. The molecule has 10 heteroatoms. The van der Waals surface area contributed by atoms with E-state index in [4.69, 9.17) is 5.10 Å². The average molecular weight is 484 g/mol. The number of carbonyl (C=O) groups excluding carboxylic acids is 1. The molecule has 1 N–H and O–H groups in total. The Labute approximate surface area is 209 Å². The lowest BCUT2D eigenvalue weighted by Crippen LogP contribution is -2.38. The van der Waals surface area contributed by atoms with Crippen LogP contribution in [-0.4, -0.2) is 64.5 Å². The number of pyridine rings is 1. The Morgan fingerprint density at radius 1 is 1.00 bits per heavy atom. The van der Waals surface area contributed by atoms with Gasteiger partial charge >= 0.3 is 0 Å². The fourth-order valence-corrected chi connectivity index (χ4v) is 5.21. The van der Waals surface area contributed by atoms with Gasteiger partial charge < -0.3 is 10.2 Å². The minimum atomic E-state index is -0.00516. The predicted molar refractivity (Wildman–Crippen MR) is 136 cm³/mol. The Morgan fingerprint density at radius 3 is 2.61 bits per heavy atom. The Balaban J connectivity index is 1.22. The van der Waals surface area contributed by atoms with Crippen LogP contribution in [0.25, 0.3) is 28.2 Å². The second kappa shape index (κ2) is 9.52. The van der Waals surface area contributed by atoms with E-state index in [0.717, 1.165) is 35.3 Å². The van der Waals surface area contributed by atoms with Crippen LogP contribution in [0.2, 0.25) is 0 Å². The summed E-state index contributed by atoms with van der Waals surface area (Å²) in [6.45, 7) is 5.01. The van der Waals surface area contributed by atoms with Gasteiger partial charge in [0.15, 0.2) is 11.5 Å². The van der Waals surface area contributed by atoms with E-state index in [1.54, 1.807) is 10.7 Å². The first-order valence-electron chi connectivity index (χ1n) is 12.6. The molecule has 1 aliphatic heterocycles. The molecule has 1 aliphatic carbocycles. The molecule has 184 valence electrons. The van der Waals surface area contributed by atoms with Crippen LogP contribution in [0, 0.1) is 0 Å². The summed E-state index contributed by atoms with van der Waals surface area (Å²) in [6.07, 6.45) is 15.6. The summed E-state index contributed by atoms with van der Waals surface area (Å²) in [6, 6.07) is 6.70. The monoisotopic (exact) mass is 483 g/mol. The third-order valence-corrected chi connectivity index (χ3v) is 7.23. The highest BCUT2D eigenvalue weighted by Gasteiger charge is 2.23. The largest absolute Gasteiger partial charge is 0.366 e. The molecule has 0 atom stereocenters. The van der Waals surface area contributed by atoms with Gasteiger partial charge in [0, 0.05) is 54.4 Å². The number of fused-ring (bicyclic) bond motifs is 1. The van der Waals surface area contributed by atoms with E-state index < -0.39 is 0 Å². The van der Waals surface area contributed by atoms with Crippen molar-refractivity contribution in [2.75, 3.05) is 18.4 Å². The molecule has 0 spiro atoms. The summed E-state index contributed by atoms with van der Waals surface area (Å²) in [5.74, 6) is 1.48. The van der Waals surface area contributed by atoms with Gasteiger partial charge in [-0.2, -0.15) is 9.61 Å². The van der Waals surface area contributed by atoms with Gasteiger partial charge in [0.05, 0.1) is 12.2 Å². The van der Waals surface area contributed by atoms with Crippen LogP contribution in [-0.2, 0) is 4.79 Å². The standard InChI is InChI=1S/C26H29N9O/c1-2-25(36)33-11-9-22(10-12-33)34-17-20(16-28-34)18-13-19(15-27-14-18)26-31-30-24-8-7-23(32-35(24)26)29-21-5-3-4-6-21/h2,7-8,13-17,21-22H,1,3-6,9-12H2,(H,29,32). The number of anilines is 1. The molecule has 0 bridgehead atoms. The second-order valence-electron chi connectivity index (χ2n) is 9.57. The summed E-state index contributed by atoms with van der Waals surface area (Å²) < 4.78 is 3.78. The van der Waals surface area contributed by atoms with Crippen molar-refractivity contribution >= 4 is 17.4 Å². The predicted octanol–water partition coefficient (Wildman–Crippen LogP) is 3.75. The number of likely N-dealkylation sites (tertiary alicyclic amines) is 1. The van der Waals surface area contributed by atoms with Crippen LogP contribution in [0.5, 0.6) is 0 Å². The smallest absolute Gasteiger partial charge is 0.245 e. The van der Waals surface area contributed by atoms with Gasteiger partial charge in [0.1, 0.15) is 5.82 Å². The fourth-order valence-electron chi connectivity index (χ4n) is 5.21. The molecule has 4 aromatic heterocycles. The van der Waals surface area contributed by atoms with Crippen molar-refractivity contribution in [2.45, 2.75) is 50.6 Å².